The molecule has 2 aliphatic carbocycles. The van der Waals surface area contributed by atoms with Gasteiger partial charge in [0.2, 0.25) is 5.91 Å². The topological polar surface area (TPSA) is 52.6 Å². The van der Waals surface area contributed by atoms with Crippen molar-refractivity contribution in [2.45, 2.75) is 82.8 Å². The molecule has 1 saturated heterocycles. The minimum absolute atomic E-state index is 0.0966. The number of nitrogens with zero attached hydrogens (tertiary/aromatic N) is 1. The fourth-order valence-electron chi connectivity index (χ4n) is 5.77. The van der Waals surface area contributed by atoms with Crippen LogP contribution in [0.1, 0.15) is 75.0 Å². The van der Waals surface area contributed by atoms with Crippen molar-refractivity contribution >= 4 is 5.91 Å². The van der Waals surface area contributed by atoms with Gasteiger partial charge < -0.3 is 15.3 Å². The molecule has 0 spiro atoms. The van der Waals surface area contributed by atoms with E-state index in [2.05, 4.69) is 10.2 Å². The first-order valence-corrected chi connectivity index (χ1v) is 12.7. The summed E-state index contributed by atoms with van der Waals surface area (Å²) in [5.41, 5.74) is -4.29. The number of carbonyl (C=O) groups excluding carboxylic acids is 1. The van der Waals surface area contributed by atoms with Crippen LogP contribution in [0.15, 0.2) is 18.2 Å². The molecule has 3 aliphatic rings. The van der Waals surface area contributed by atoms with Crippen LogP contribution in [0.2, 0.25) is 0 Å². The third-order valence-electron chi connectivity index (χ3n) is 8.09. The third kappa shape index (κ3) is 6.73. The van der Waals surface area contributed by atoms with E-state index in [9.17, 15) is 36.2 Å². The Morgan fingerprint density at radius 3 is 2.08 bits per heavy atom. The van der Waals surface area contributed by atoms with Crippen molar-refractivity contribution in [2.75, 3.05) is 19.6 Å². The lowest BCUT2D eigenvalue weighted by Gasteiger charge is -2.35. The number of likely N-dealkylation sites (tertiary alicyclic amines) is 1. The summed E-state index contributed by atoms with van der Waals surface area (Å²) in [4.78, 5) is 15.6. The first kappa shape index (κ1) is 27.2. The summed E-state index contributed by atoms with van der Waals surface area (Å²) in [6, 6.07) is 1.43. The number of hydrogen-bond acceptors (Lipinski definition) is 3. The minimum atomic E-state index is -4.92. The van der Waals surface area contributed by atoms with Gasteiger partial charge in [0.15, 0.2) is 0 Å². The summed E-state index contributed by atoms with van der Waals surface area (Å²) >= 11 is 0. The van der Waals surface area contributed by atoms with Crippen LogP contribution in [-0.4, -0.2) is 41.1 Å². The Morgan fingerprint density at radius 1 is 0.972 bits per heavy atom. The lowest BCUT2D eigenvalue weighted by Crippen LogP contribution is -2.44. The quantitative estimate of drug-likeness (QED) is 0.449. The van der Waals surface area contributed by atoms with E-state index in [0.717, 1.165) is 51.6 Å². The van der Waals surface area contributed by atoms with E-state index in [1.165, 1.54) is 0 Å². The molecule has 1 heterocycles. The Morgan fingerprint density at radius 2 is 1.56 bits per heavy atom. The number of hydrogen-bond donors (Lipinski definition) is 2. The summed E-state index contributed by atoms with van der Waals surface area (Å²) in [6.07, 6.45) is -3.14. The zero-order valence-corrected chi connectivity index (χ0v) is 20.4. The first-order chi connectivity index (χ1) is 16.7. The largest absolute Gasteiger partial charge is 0.416 e. The summed E-state index contributed by atoms with van der Waals surface area (Å²) < 4.78 is 79.2. The molecule has 2 N–H and O–H groups in total. The molecule has 1 unspecified atom stereocenters. The number of halogens is 6. The van der Waals surface area contributed by atoms with Crippen molar-refractivity contribution in [3.63, 3.8) is 0 Å². The number of rotatable bonds is 7. The van der Waals surface area contributed by atoms with Gasteiger partial charge in [-0.05, 0) is 87.6 Å². The Labute approximate surface area is 207 Å². The van der Waals surface area contributed by atoms with Crippen LogP contribution in [0, 0.1) is 17.3 Å². The lowest BCUT2D eigenvalue weighted by atomic mass is 9.79. The molecular formula is C26H34F6N2O2. The van der Waals surface area contributed by atoms with Gasteiger partial charge in [-0.15, -0.1) is 0 Å². The molecule has 1 aromatic rings. The van der Waals surface area contributed by atoms with Gasteiger partial charge in [0, 0.05) is 19.6 Å². The Balaban J connectivity index is 1.43. The third-order valence-corrected chi connectivity index (χ3v) is 8.09. The van der Waals surface area contributed by atoms with E-state index in [0.29, 0.717) is 43.4 Å². The van der Waals surface area contributed by atoms with E-state index in [4.69, 9.17) is 0 Å². The summed E-state index contributed by atoms with van der Waals surface area (Å²) in [5.74, 6) is 0.580. The van der Waals surface area contributed by atoms with Gasteiger partial charge in [0.25, 0.3) is 0 Å². The van der Waals surface area contributed by atoms with Crippen molar-refractivity contribution in [3.8, 4) is 0 Å². The predicted molar refractivity (Wildman–Crippen MR) is 122 cm³/mol. The highest BCUT2D eigenvalue weighted by Crippen LogP contribution is 2.46. The highest BCUT2D eigenvalue weighted by molar-refractivity contribution is 5.83. The van der Waals surface area contributed by atoms with E-state index in [1.807, 2.05) is 6.92 Å². The van der Waals surface area contributed by atoms with Gasteiger partial charge >= 0.3 is 12.4 Å². The van der Waals surface area contributed by atoms with Crippen LogP contribution in [-0.2, 0) is 23.7 Å². The van der Waals surface area contributed by atoms with Gasteiger partial charge in [-0.3, -0.25) is 4.79 Å². The molecule has 1 atom stereocenters. The van der Waals surface area contributed by atoms with Gasteiger partial charge in [-0.25, -0.2) is 0 Å². The van der Waals surface area contributed by atoms with Gasteiger partial charge in [-0.2, -0.15) is 26.3 Å². The van der Waals surface area contributed by atoms with Crippen LogP contribution in [0.3, 0.4) is 0 Å². The Hall–Kier alpha value is -1.81. The number of alkyl halides is 6. The van der Waals surface area contributed by atoms with Crippen molar-refractivity contribution in [1.29, 1.82) is 0 Å². The van der Waals surface area contributed by atoms with Crippen LogP contribution in [0.4, 0.5) is 26.3 Å². The summed E-state index contributed by atoms with van der Waals surface area (Å²) in [6.45, 7) is 3.56. The van der Waals surface area contributed by atoms with E-state index in [1.54, 1.807) is 0 Å². The maximum absolute atomic E-state index is 13.4. The average Bonchev–Trinajstić information content (AvgIpc) is 3.50. The second kappa shape index (κ2) is 9.82. The Bertz CT molecular complexity index is 914. The molecule has 10 heteroatoms. The van der Waals surface area contributed by atoms with Crippen LogP contribution in [0.25, 0.3) is 0 Å². The summed E-state index contributed by atoms with van der Waals surface area (Å²) in [7, 11) is 0. The molecule has 0 radical (unpaired) electrons. The molecule has 36 heavy (non-hydrogen) atoms. The fraction of sp³-hybridized carbons (Fsp3) is 0.731. The first-order valence-electron chi connectivity index (χ1n) is 12.7. The maximum Gasteiger partial charge on any atom is 0.416 e. The molecule has 1 aromatic carbocycles. The normalized spacial score (nSPS) is 29.9. The van der Waals surface area contributed by atoms with Crippen molar-refractivity contribution in [1.82, 2.24) is 10.2 Å². The average molecular weight is 521 g/mol. The lowest BCUT2D eigenvalue weighted by molar-refractivity contribution is -0.143. The molecule has 1 amide bonds. The smallest absolute Gasteiger partial charge is 0.390 e. The number of carbonyl (C=O) groups is 1. The van der Waals surface area contributed by atoms with Crippen molar-refractivity contribution in [3.05, 3.63) is 34.9 Å². The molecule has 2 saturated carbocycles. The van der Waals surface area contributed by atoms with E-state index < -0.39 is 41.0 Å². The highest BCUT2D eigenvalue weighted by Gasteiger charge is 2.48. The van der Waals surface area contributed by atoms with E-state index >= 15 is 0 Å². The Kier molecular flexibility index (Phi) is 7.43. The van der Waals surface area contributed by atoms with Crippen molar-refractivity contribution < 1.29 is 36.2 Å². The second-order valence-corrected chi connectivity index (χ2v) is 11.5. The van der Waals surface area contributed by atoms with Gasteiger partial charge in [0.1, 0.15) is 0 Å². The minimum Gasteiger partial charge on any atom is -0.390 e. The molecule has 3 fully saturated rings. The fourth-order valence-corrected chi connectivity index (χ4v) is 5.77. The predicted octanol–water partition coefficient (Wildman–Crippen LogP) is 5.77. The number of nitrogens with one attached hydrogen (secondary N) is 1. The van der Waals surface area contributed by atoms with Crippen LogP contribution in [0.5, 0.6) is 0 Å². The number of benzene rings is 1. The standard InChI is InChI=1S/C26H34F6N2O2/c1-23(36)6-4-18(5-7-23)15-34-9-8-24(16-34,13-17-2-3-17)22(35)33-14-19-10-20(25(27,28)29)12-21(11-19)26(30,31)32/h10-12,17-18,36H,2-9,13-16H2,1H3,(H,33,35). The molecule has 202 valence electrons. The molecule has 4 nitrogen and oxygen atoms in total. The highest BCUT2D eigenvalue weighted by atomic mass is 19.4. The molecule has 0 aromatic heterocycles. The van der Waals surface area contributed by atoms with Crippen molar-refractivity contribution in [2.24, 2.45) is 17.3 Å². The second-order valence-electron chi connectivity index (χ2n) is 11.5. The molecule has 4 rings (SSSR count). The molecule has 0 bridgehead atoms. The monoisotopic (exact) mass is 520 g/mol. The zero-order valence-electron chi connectivity index (χ0n) is 20.4. The van der Waals surface area contributed by atoms with E-state index in [-0.39, 0.29) is 17.5 Å². The van der Waals surface area contributed by atoms with Gasteiger partial charge in [0.05, 0.1) is 22.1 Å². The van der Waals surface area contributed by atoms with Crippen LogP contribution < -0.4 is 5.32 Å². The summed E-state index contributed by atoms with van der Waals surface area (Å²) in [5, 5.41) is 12.9. The molecular weight excluding hydrogens is 486 g/mol. The zero-order chi connectivity index (χ0) is 26.4. The SMILES string of the molecule is CC1(O)CCC(CN2CCC(CC3CC3)(C(=O)NCc3cc(C(F)(F)F)cc(C(F)(F)F)c3)C2)CC1. The number of aliphatic hydroxyl groups is 1. The van der Waals surface area contributed by atoms with Gasteiger partial charge in [-0.1, -0.05) is 12.8 Å². The maximum atomic E-state index is 13.4. The van der Waals surface area contributed by atoms with Crippen LogP contribution >= 0.6 is 0 Å². The molecule has 1 aliphatic heterocycles. The number of amides is 1.